The van der Waals surface area contributed by atoms with Gasteiger partial charge in [-0.25, -0.2) is 0 Å². The number of hydrogen-bond donors (Lipinski definition) is 0. The molecule has 0 bridgehead atoms. The first-order chi connectivity index (χ1) is 13.6. The monoisotopic (exact) mass is 377 g/mol. The summed E-state index contributed by atoms with van der Waals surface area (Å²) < 4.78 is 1.94. The number of hydrogen-bond acceptors (Lipinski definition) is 2. The van der Waals surface area contributed by atoms with Gasteiger partial charge in [-0.1, -0.05) is 30.3 Å². The molecule has 1 atom stereocenters. The number of likely N-dealkylation sites (tertiary alicyclic amines) is 2. The number of aromatic nitrogens is 1. The topological polar surface area (TPSA) is 28.5 Å². The molecule has 3 aliphatic rings. The summed E-state index contributed by atoms with van der Waals surface area (Å²) >= 11 is 0. The Morgan fingerprint density at radius 1 is 1.04 bits per heavy atom. The largest absolute Gasteiger partial charge is 0.347 e. The number of aryl methyl sites for hydroxylation is 1. The van der Waals surface area contributed by atoms with Crippen molar-refractivity contribution in [1.29, 1.82) is 0 Å². The first-order valence-corrected chi connectivity index (χ1v) is 10.8. The van der Waals surface area contributed by atoms with Crippen LogP contribution in [0.1, 0.15) is 54.1 Å². The van der Waals surface area contributed by atoms with Crippen LogP contribution in [0.15, 0.2) is 48.7 Å². The van der Waals surface area contributed by atoms with E-state index in [0.717, 1.165) is 37.7 Å². The number of carbonyl (C=O) groups excluding carboxylic acids is 1. The molecule has 4 nitrogen and oxygen atoms in total. The van der Waals surface area contributed by atoms with Crippen molar-refractivity contribution < 1.29 is 4.79 Å². The summed E-state index contributed by atoms with van der Waals surface area (Å²) in [5.41, 5.74) is 2.67. The van der Waals surface area contributed by atoms with E-state index in [1.54, 1.807) is 0 Å². The van der Waals surface area contributed by atoms with Crippen LogP contribution in [0.5, 0.6) is 0 Å². The van der Waals surface area contributed by atoms with Crippen molar-refractivity contribution in [2.45, 2.75) is 44.1 Å². The third kappa shape index (κ3) is 3.39. The molecule has 0 N–H and O–H groups in total. The minimum atomic E-state index is 0.191. The Morgan fingerprint density at radius 2 is 1.79 bits per heavy atom. The van der Waals surface area contributed by atoms with E-state index in [4.69, 9.17) is 0 Å². The van der Waals surface area contributed by atoms with E-state index in [-0.39, 0.29) is 5.91 Å². The van der Waals surface area contributed by atoms with Gasteiger partial charge in [-0.15, -0.1) is 0 Å². The van der Waals surface area contributed by atoms with Crippen LogP contribution in [0, 0.1) is 5.41 Å². The lowest BCUT2D eigenvalue weighted by Gasteiger charge is -2.50. The number of carbonyl (C=O) groups is 1. The molecule has 5 rings (SSSR count). The minimum Gasteiger partial charge on any atom is -0.347 e. The molecule has 4 heteroatoms. The highest BCUT2D eigenvalue weighted by atomic mass is 16.2. The van der Waals surface area contributed by atoms with Crippen LogP contribution in [0.3, 0.4) is 0 Å². The lowest BCUT2D eigenvalue weighted by Crippen LogP contribution is -2.53. The van der Waals surface area contributed by atoms with Gasteiger partial charge in [-0.05, 0) is 61.1 Å². The van der Waals surface area contributed by atoms with Crippen LogP contribution in [-0.4, -0.2) is 52.5 Å². The van der Waals surface area contributed by atoms with E-state index in [1.165, 1.54) is 37.9 Å². The van der Waals surface area contributed by atoms with Crippen molar-refractivity contribution in [1.82, 2.24) is 14.4 Å². The van der Waals surface area contributed by atoms with Crippen molar-refractivity contribution in [3.05, 3.63) is 59.9 Å². The molecule has 3 heterocycles. The molecule has 0 radical (unpaired) electrons. The summed E-state index contributed by atoms with van der Waals surface area (Å²) in [6.07, 6.45) is 8.24. The maximum atomic E-state index is 12.9. The Labute approximate surface area is 168 Å². The average molecular weight is 378 g/mol. The average Bonchev–Trinajstić information content (AvgIpc) is 3.49. The fourth-order valence-corrected chi connectivity index (χ4v) is 5.49. The molecule has 1 aliphatic carbocycles. The van der Waals surface area contributed by atoms with Crippen LogP contribution >= 0.6 is 0 Å². The van der Waals surface area contributed by atoms with Crippen LogP contribution in [0.25, 0.3) is 0 Å². The van der Waals surface area contributed by atoms with Gasteiger partial charge in [0, 0.05) is 45.5 Å². The highest BCUT2D eigenvalue weighted by molar-refractivity contribution is 5.92. The SMILES string of the molecule is Cn1cccc1C(=O)N1CCC2(CC1)C[C@@H](c1ccccc1)CN(C1CC1)C2. The second-order valence-corrected chi connectivity index (χ2v) is 9.27. The quantitative estimate of drug-likeness (QED) is 0.812. The fourth-order valence-electron chi connectivity index (χ4n) is 5.49. The van der Waals surface area contributed by atoms with Crippen molar-refractivity contribution >= 4 is 5.91 Å². The number of piperidine rings is 2. The molecule has 1 spiro atoms. The number of amides is 1. The zero-order valence-electron chi connectivity index (χ0n) is 16.9. The second kappa shape index (κ2) is 7.07. The zero-order valence-corrected chi connectivity index (χ0v) is 16.9. The van der Waals surface area contributed by atoms with Crippen LogP contribution in [0.4, 0.5) is 0 Å². The van der Waals surface area contributed by atoms with Gasteiger partial charge < -0.3 is 9.47 Å². The van der Waals surface area contributed by atoms with Gasteiger partial charge in [-0.3, -0.25) is 9.69 Å². The van der Waals surface area contributed by atoms with Gasteiger partial charge in [0.25, 0.3) is 5.91 Å². The van der Waals surface area contributed by atoms with Crippen molar-refractivity contribution in [2.75, 3.05) is 26.2 Å². The standard InChI is InChI=1S/C24H31N3O/c1-25-13-5-8-22(25)23(28)26-14-11-24(12-15-26)16-20(19-6-3-2-4-7-19)17-27(18-24)21-9-10-21/h2-8,13,20-21H,9-12,14-18H2,1H3/t20-/m1/s1. The fraction of sp³-hybridized carbons (Fsp3) is 0.542. The van der Waals surface area contributed by atoms with Gasteiger partial charge >= 0.3 is 0 Å². The molecule has 2 saturated heterocycles. The molecule has 2 aromatic rings. The van der Waals surface area contributed by atoms with Gasteiger partial charge in [0.15, 0.2) is 0 Å². The zero-order chi connectivity index (χ0) is 19.1. The molecule has 2 aliphatic heterocycles. The molecule has 3 fully saturated rings. The summed E-state index contributed by atoms with van der Waals surface area (Å²) in [7, 11) is 1.96. The predicted octanol–water partition coefficient (Wildman–Crippen LogP) is 3.90. The molecule has 1 saturated carbocycles. The molecule has 0 unspecified atom stereocenters. The highest BCUT2D eigenvalue weighted by Crippen LogP contribution is 2.47. The molecular weight excluding hydrogens is 346 g/mol. The smallest absolute Gasteiger partial charge is 0.270 e. The van der Waals surface area contributed by atoms with Gasteiger partial charge in [0.05, 0.1) is 0 Å². The van der Waals surface area contributed by atoms with E-state index in [0.29, 0.717) is 11.3 Å². The third-order valence-electron chi connectivity index (χ3n) is 7.28. The van der Waals surface area contributed by atoms with Gasteiger partial charge in [0.2, 0.25) is 0 Å². The van der Waals surface area contributed by atoms with E-state index < -0.39 is 0 Å². The first kappa shape index (κ1) is 18.0. The summed E-state index contributed by atoms with van der Waals surface area (Å²) in [6, 6.07) is 15.8. The Balaban J connectivity index is 1.32. The first-order valence-electron chi connectivity index (χ1n) is 10.8. The Hall–Kier alpha value is -2.07. The molecule has 1 amide bonds. The Morgan fingerprint density at radius 3 is 2.43 bits per heavy atom. The van der Waals surface area contributed by atoms with Gasteiger partial charge in [-0.2, -0.15) is 0 Å². The van der Waals surface area contributed by atoms with Crippen LogP contribution in [-0.2, 0) is 7.05 Å². The predicted molar refractivity (Wildman–Crippen MR) is 111 cm³/mol. The molecule has 28 heavy (non-hydrogen) atoms. The van der Waals surface area contributed by atoms with Gasteiger partial charge in [0.1, 0.15) is 5.69 Å². The molecule has 148 valence electrons. The highest BCUT2D eigenvalue weighted by Gasteiger charge is 2.46. The maximum absolute atomic E-state index is 12.9. The number of benzene rings is 1. The van der Waals surface area contributed by atoms with E-state index in [2.05, 4.69) is 40.1 Å². The molecule has 1 aromatic carbocycles. The van der Waals surface area contributed by atoms with E-state index >= 15 is 0 Å². The molecular formula is C24H31N3O. The van der Waals surface area contributed by atoms with Crippen molar-refractivity contribution in [2.24, 2.45) is 12.5 Å². The summed E-state index contributed by atoms with van der Waals surface area (Å²) in [5, 5.41) is 0. The van der Waals surface area contributed by atoms with Crippen LogP contribution in [0.2, 0.25) is 0 Å². The number of nitrogens with zero attached hydrogens (tertiary/aromatic N) is 3. The third-order valence-corrected chi connectivity index (χ3v) is 7.28. The Kier molecular flexibility index (Phi) is 4.54. The molecule has 1 aromatic heterocycles. The van der Waals surface area contributed by atoms with E-state index in [1.807, 2.05) is 29.9 Å². The lowest BCUT2D eigenvalue weighted by molar-refractivity contribution is 0.0108. The summed E-state index contributed by atoms with van der Waals surface area (Å²) in [6.45, 7) is 4.23. The second-order valence-electron chi connectivity index (χ2n) is 9.27. The number of rotatable bonds is 3. The minimum absolute atomic E-state index is 0.191. The van der Waals surface area contributed by atoms with E-state index in [9.17, 15) is 4.79 Å². The van der Waals surface area contributed by atoms with Crippen molar-refractivity contribution in [3.8, 4) is 0 Å². The Bertz CT molecular complexity index is 831. The summed E-state index contributed by atoms with van der Waals surface area (Å²) in [4.78, 5) is 17.8. The van der Waals surface area contributed by atoms with Crippen molar-refractivity contribution in [3.63, 3.8) is 0 Å². The summed E-state index contributed by atoms with van der Waals surface area (Å²) in [5.74, 6) is 0.822. The van der Waals surface area contributed by atoms with Crippen LogP contribution < -0.4 is 0 Å². The maximum Gasteiger partial charge on any atom is 0.270 e. The normalized spacial score (nSPS) is 25.2. The lowest BCUT2D eigenvalue weighted by atomic mass is 9.68.